The van der Waals surface area contributed by atoms with Crippen LogP contribution in [0.5, 0.6) is 5.75 Å². The Morgan fingerprint density at radius 2 is 1.86 bits per heavy atom. The SMILES string of the molecule is O=C(c1ccccc1O)N1N=CCC1(O)c1ccc(Cl)cc1. The molecule has 0 spiro atoms. The number of rotatable bonds is 2. The van der Waals surface area contributed by atoms with E-state index in [1.165, 1.54) is 18.3 Å². The summed E-state index contributed by atoms with van der Waals surface area (Å²) in [5, 5.41) is 26.2. The molecular formula is C16H13ClN2O3. The maximum Gasteiger partial charge on any atom is 0.280 e. The molecule has 0 aromatic heterocycles. The number of para-hydroxylation sites is 1. The maximum absolute atomic E-state index is 12.6. The number of hydrogen-bond donors (Lipinski definition) is 2. The normalized spacial score (nSPS) is 20.4. The van der Waals surface area contributed by atoms with Crippen molar-refractivity contribution in [1.29, 1.82) is 0 Å². The van der Waals surface area contributed by atoms with Gasteiger partial charge >= 0.3 is 0 Å². The average Bonchev–Trinajstić information content (AvgIpc) is 2.91. The second-order valence-corrected chi connectivity index (χ2v) is 5.40. The topological polar surface area (TPSA) is 73.1 Å². The molecule has 0 bridgehead atoms. The van der Waals surface area contributed by atoms with Crippen molar-refractivity contribution in [2.45, 2.75) is 12.1 Å². The van der Waals surface area contributed by atoms with Gasteiger partial charge in [-0.1, -0.05) is 35.9 Å². The fraction of sp³-hybridized carbons (Fsp3) is 0.125. The third-order valence-electron chi connectivity index (χ3n) is 3.56. The minimum atomic E-state index is -1.59. The lowest BCUT2D eigenvalue weighted by Gasteiger charge is -2.31. The molecule has 0 fully saturated rings. The Morgan fingerprint density at radius 1 is 1.18 bits per heavy atom. The predicted molar refractivity (Wildman–Crippen MR) is 82.7 cm³/mol. The van der Waals surface area contributed by atoms with Gasteiger partial charge in [0, 0.05) is 23.2 Å². The van der Waals surface area contributed by atoms with E-state index in [1.54, 1.807) is 36.4 Å². The van der Waals surface area contributed by atoms with E-state index in [4.69, 9.17) is 11.6 Å². The predicted octanol–water partition coefficient (Wildman–Crippen LogP) is 2.72. The van der Waals surface area contributed by atoms with Crippen molar-refractivity contribution in [2.75, 3.05) is 0 Å². The molecule has 1 aliphatic rings. The number of hydrazone groups is 1. The van der Waals surface area contributed by atoms with Crippen LogP contribution in [-0.2, 0) is 5.72 Å². The molecule has 2 aromatic rings. The smallest absolute Gasteiger partial charge is 0.280 e. The number of phenolic OH excluding ortho intramolecular Hbond substituents is 1. The number of carbonyl (C=O) groups excluding carboxylic acids is 1. The Hall–Kier alpha value is -2.37. The van der Waals surface area contributed by atoms with Gasteiger partial charge in [-0.05, 0) is 24.3 Å². The first-order valence-electron chi connectivity index (χ1n) is 6.66. The van der Waals surface area contributed by atoms with Crippen LogP contribution in [0.2, 0.25) is 5.02 Å². The second kappa shape index (κ2) is 5.44. The molecule has 22 heavy (non-hydrogen) atoms. The van der Waals surface area contributed by atoms with Crippen LogP contribution in [0.15, 0.2) is 53.6 Å². The Balaban J connectivity index is 1.99. The molecule has 2 aromatic carbocycles. The van der Waals surface area contributed by atoms with Gasteiger partial charge in [0.1, 0.15) is 5.75 Å². The zero-order valence-corrected chi connectivity index (χ0v) is 12.2. The molecular weight excluding hydrogens is 304 g/mol. The Bertz CT molecular complexity index is 745. The zero-order chi connectivity index (χ0) is 15.7. The maximum atomic E-state index is 12.6. The van der Waals surface area contributed by atoms with Crippen LogP contribution in [0.4, 0.5) is 0 Å². The summed E-state index contributed by atoms with van der Waals surface area (Å²) in [7, 11) is 0. The molecule has 112 valence electrons. The lowest BCUT2D eigenvalue weighted by Crippen LogP contribution is -2.43. The lowest BCUT2D eigenvalue weighted by atomic mass is 9.99. The van der Waals surface area contributed by atoms with Gasteiger partial charge < -0.3 is 10.2 Å². The molecule has 0 aliphatic carbocycles. The standard InChI is InChI=1S/C16H13ClN2O3/c17-12-7-5-11(6-8-12)16(22)9-10-18-19(16)15(21)13-3-1-2-4-14(13)20/h1-8,10,20,22H,9H2. The van der Waals surface area contributed by atoms with Crippen LogP contribution in [0, 0.1) is 0 Å². The van der Waals surface area contributed by atoms with Gasteiger partial charge in [-0.2, -0.15) is 10.1 Å². The van der Waals surface area contributed by atoms with Crippen LogP contribution in [0.25, 0.3) is 0 Å². The van der Waals surface area contributed by atoms with Gasteiger partial charge in [0.2, 0.25) is 0 Å². The van der Waals surface area contributed by atoms with E-state index in [1.807, 2.05) is 0 Å². The van der Waals surface area contributed by atoms with E-state index in [0.717, 1.165) is 5.01 Å². The molecule has 3 rings (SSSR count). The van der Waals surface area contributed by atoms with E-state index in [9.17, 15) is 15.0 Å². The summed E-state index contributed by atoms with van der Waals surface area (Å²) < 4.78 is 0. The number of amides is 1. The molecule has 1 aliphatic heterocycles. The summed E-state index contributed by atoms with van der Waals surface area (Å²) >= 11 is 5.85. The number of nitrogens with zero attached hydrogens (tertiary/aromatic N) is 2. The summed E-state index contributed by atoms with van der Waals surface area (Å²) in [6.45, 7) is 0. The first kappa shape index (κ1) is 14.6. The van der Waals surface area contributed by atoms with Gasteiger partial charge in [0.05, 0.1) is 5.56 Å². The summed E-state index contributed by atoms with van der Waals surface area (Å²) in [5.74, 6) is -0.739. The Labute approximate surface area is 132 Å². The minimum absolute atomic E-state index is 0.0777. The van der Waals surface area contributed by atoms with Crippen molar-refractivity contribution in [3.63, 3.8) is 0 Å². The van der Waals surface area contributed by atoms with E-state index in [0.29, 0.717) is 10.6 Å². The summed E-state index contributed by atoms with van der Waals surface area (Å²) in [4.78, 5) is 12.6. The number of hydrogen-bond acceptors (Lipinski definition) is 4. The molecule has 0 saturated heterocycles. The van der Waals surface area contributed by atoms with Crippen molar-refractivity contribution < 1.29 is 15.0 Å². The Morgan fingerprint density at radius 3 is 2.55 bits per heavy atom. The van der Waals surface area contributed by atoms with Crippen LogP contribution in [0.3, 0.4) is 0 Å². The molecule has 0 saturated carbocycles. The van der Waals surface area contributed by atoms with E-state index in [2.05, 4.69) is 5.10 Å². The van der Waals surface area contributed by atoms with Crippen molar-refractivity contribution in [1.82, 2.24) is 5.01 Å². The summed E-state index contributed by atoms with van der Waals surface area (Å²) in [6, 6.07) is 12.7. The molecule has 6 heteroatoms. The highest BCUT2D eigenvalue weighted by molar-refractivity contribution is 6.30. The third kappa shape index (κ3) is 2.34. The number of phenols is 1. The number of aliphatic hydroxyl groups is 1. The zero-order valence-electron chi connectivity index (χ0n) is 11.5. The van der Waals surface area contributed by atoms with Crippen molar-refractivity contribution >= 4 is 23.7 Å². The number of carbonyl (C=O) groups is 1. The quantitative estimate of drug-likeness (QED) is 0.894. The summed E-state index contributed by atoms with van der Waals surface area (Å²) in [6.07, 6.45) is 1.63. The van der Waals surface area contributed by atoms with Crippen LogP contribution >= 0.6 is 11.6 Å². The lowest BCUT2D eigenvalue weighted by molar-refractivity contribution is -0.0764. The second-order valence-electron chi connectivity index (χ2n) is 4.96. The number of aromatic hydroxyl groups is 1. The van der Waals surface area contributed by atoms with Crippen molar-refractivity contribution in [2.24, 2.45) is 5.10 Å². The van der Waals surface area contributed by atoms with Gasteiger partial charge in [0.15, 0.2) is 5.72 Å². The van der Waals surface area contributed by atoms with Gasteiger partial charge in [0.25, 0.3) is 5.91 Å². The van der Waals surface area contributed by atoms with E-state index in [-0.39, 0.29) is 17.7 Å². The van der Waals surface area contributed by atoms with Crippen LogP contribution < -0.4 is 0 Å². The Kier molecular flexibility index (Phi) is 3.60. The van der Waals surface area contributed by atoms with Crippen LogP contribution in [-0.4, -0.2) is 27.3 Å². The number of benzene rings is 2. The van der Waals surface area contributed by atoms with Crippen molar-refractivity contribution in [3.8, 4) is 5.75 Å². The molecule has 1 amide bonds. The minimum Gasteiger partial charge on any atom is -0.507 e. The highest BCUT2D eigenvalue weighted by atomic mass is 35.5. The fourth-order valence-corrected chi connectivity index (χ4v) is 2.50. The van der Waals surface area contributed by atoms with E-state index < -0.39 is 11.6 Å². The summed E-state index contributed by atoms with van der Waals surface area (Å²) in [5.41, 5.74) is -1.02. The molecule has 1 atom stereocenters. The monoisotopic (exact) mass is 316 g/mol. The molecule has 1 unspecified atom stereocenters. The van der Waals surface area contributed by atoms with Crippen LogP contribution in [0.1, 0.15) is 22.3 Å². The molecule has 5 nitrogen and oxygen atoms in total. The molecule has 0 radical (unpaired) electrons. The largest absolute Gasteiger partial charge is 0.507 e. The number of halogens is 1. The third-order valence-corrected chi connectivity index (χ3v) is 3.81. The fourth-order valence-electron chi connectivity index (χ4n) is 2.38. The van der Waals surface area contributed by atoms with Gasteiger partial charge in [-0.15, -0.1) is 0 Å². The van der Waals surface area contributed by atoms with E-state index >= 15 is 0 Å². The highest BCUT2D eigenvalue weighted by Crippen LogP contribution is 2.35. The first-order valence-corrected chi connectivity index (χ1v) is 7.03. The molecule has 1 heterocycles. The first-order chi connectivity index (χ1) is 10.5. The highest BCUT2D eigenvalue weighted by Gasteiger charge is 2.43. The molecule has 2 N–H and O–H groups in total. The van der Waals surface area contributed by atoms with Gasteiger partial charge in [-0.3, -0.25) is 4.79 Å². The average molecular weight is 317 g/mol. The van der Waals surface area contributed by atoms with Gasteiger partial charge in [-0.25, -0.2) is 0 Å². The van der Waals surface area contributed by atoms with Crippen molar-refractivity contribution in [3.05, 3.63) is 64.7 Å².